The second-order valence-corrected chi connectivity index (χ2v) is 8.85. The molecule has 1 aromatic heterocycles. The molecule has 0 aliphatic carbocycles. The maximum Gasteiger partial charge on any atom is 0.408 e. The molecular formula is C22H26FN3O9S. The Labute approximate surface area is 208 Å². The van der Waals surface area contributed by atoms with Crippen LogP contribution in [0.3, 0.4) is 0 Å². The number of amides is 1. The van der Waals surface area contributed by atoms with Crippen molar-refractivity contribution in [2.45, 2.75) is 43.6 Å². The van der Waals surface area contributed by atoms with Gasteiger partial charge in [-0.05, 0) is 24.0 Å². The Hall–Kier alpha value is -3.20. The van der Waals surface area contributed by atoms with Crippen LogP contribution >= 0.6 is 11.8 Å². The molecule has 196 valence electrons. The number of aromatic amines is 1. The Kier molecular flexibility index (Phi) is 9.64. The van der Waals surface area contributed by atoms with Crippen molar-refractivity contribution in [2.75, 3.05) is 18.6 Å². The van der Waals surface area contributed by atoms with Crippen LogP contribution in [-0.4, -0.2) is 74.8 Å². The molecule has 14 heteroatoms. The lowest BCUT2D eigenvalue weighted by molar-refractivity contribution is -0.152. The number of alkyl carbamates (subject to hydrolysis) is 1. The molecule has 1 aliphatic rings. The standard InChI is InChI=1S/C22H26FN3O9S/c1-36-8-7-14(24-22(32)34-10-12-5-3-2-4-6-12)20(30)33-11-15-16(27)17(28)19(35-15)26-9-13(23)18(29)25-21(26)31/h2-6,9,14-17,19,27-28H,7-8,10-11H2,1H3,(H,24,32)(H,25,29,31)/t14-,15+,16+,17+,19+/m0/s1. The van der Waals surface area contributed by atoms with E-state index in [1.54, 1.807) is 29.2 Å². The lowest BCUT2D eigenvalue weighted by atomic mass is 10.1. The Balaban J connectivity index is 1.58. The summed E-state index contributed by atoms with van der Waals surface area (Å²) < 4.78 is 29.9. The van der Waals surface area contributed by atoms with E-state index in [2.05, 4.69) is 5.32 Å². The van der Waals surface area contributed by atoms with Gasteiger partial charge in [-0.1, -0.05) is 30.3 Å². The number of aliphatic hydroxyl groups is 2. The van der Waals surface area contributed by atoms with Gasteiger partial charge in [-0.2, -0.15) is 16.2 Å². The molecule has 1 fully saturated rings. The second-order valence-electron chi connectivity index (χ2n) is 7.86. The molecule has 1 aliphatic heterocycles. The molecule has 0 spiro atoms. The van der Waals surface area contributed by atoms with Crippen molar-refractivity contribution in [3.05, 3.63) is 68.7 Å². The Bertz CT molecular complexity index is 1160. The Morgan fingerprint density at radius 2 is 1.94 bits per heavy atom. The van der Waals surface area contributed by atoms with Crippen LogP contribution in [0.15, 0.2) is 46.1 Å². The fourth-order valence-corrected chi connectivity index (χ4v) is 3.87. The molecule has 0 radical (unpaired) electrons. The highest BCUT2D eigenvalue weighted by Gasteiger charge is 2.45. The van der Waals surface area contributed by atoms with Gasteiger partial charge in [0.05, 0.1) is 6.20 Å². The number of carbonyl (C=O) groups is 2. The quantitative estimate of drug-likeness (QED) is 0.306. The van der Waals surface area contributed by atoms with E-state index >= 15 is 0 Å². The van der Waals surface area contributed by atoms with Crippen molar-refractivity contribution in [1.82, 2.24) is 14.9 Å². The van der Waals surface area contributed by atoms with Crippen LogP contribution in [0.25, 0.3) is 0 Å². The van der Waals surface area contributed by atoms with Crippen LogP contribution in [-0.2, 0) is 25.6 Å². The third-order valence-corrected chi connectivity index (χ3v) is 5.97. The van der Waals surface area contributed by atoms with Crippen molar-refractivity contribution in [3.8, 4) is 0 Å². The van der Waals surface area contributed by atoms with Crippen molar-refractivity contribution in [3.63, 3.8) is 0 Å². The van der Waals surface area contributed by atoms with Crippen molar-refractivity contribution in [2.24, 2.45) is 0 Å². The third-order valence-electron chi connectivity index (χ3n) is 5.33. The predicted octanol–water partition coefficient (Wildman–Crippen LogP) is -0.114. The van der Waals surface area contributed by atoms with E-state index in [1.165, 1.54) is 11.8 Å². The van der Waals surface area contributed by atoms with Gasteiger partial charge in [0, 0.05) is 0 Å². The highest BCUT2D eigenvalue weighted by molar-refractivity contribution is 7.98. The van der Waals surface area contributed by atoms with Gasteiger partial charge in [0.25, 0.3) is 5.56 Å². The Morgan fingerprint density at radius 3 is 2.64 bits per heavy atom. The molecule has 0 unspecified atom stereocenters. The molecule has 5 atom stereocenters. The average Bonchev–Trinajstić information content (AvgIpc) is 3.15. The van der Waals surface area contributed by atoms with Crippen LogP contribution in [0.5, 0.6) is 0 Å². The smallest absolute Gasteiger partial charge is 0.408 e. The molecular weight excluding hydrogens is 501 g/mol. The molecule has 2 aromatic rings. The topological polar surface area (TPSA) is 169 Å². The number of hydrogen-bond acceptors (Lipinski definition) is 10. The zero-order valence-electron chi connectivity index (χ0n) is 19.2. The second kappa shape index (κ2) is 12.7. The number of esters is 1. The molecule has 4 N–H and O–H groups in total. The van der Waals surface area contributed by atoms with Crippen molar-refractivity contribution in [1.29, 1.82) is 0 Å². The number of nitrogens with one attached hydrogen (secondary N) is 2. The monoisotopic (exact) mass is 527 g/mol. The van der Waals surface area contributed by atoms with Crippen molar-refractivity contribution < 1.29 is 38.4 Å². The molecule has 1 aromatic carbocycles. The van der Waals surface area contributed by atoms with E-state index in [9.17, 15) is 33.8 Å². The maximum absolute atomic E-state index is 13.6. The minimum absolute atomic E-state index is 0.00304. The van der Waals surface area contributed by atoms with Gasteiger partial charge in [0.15, 0.2) is 6.23 Å². The minimum atomic E-state index is -1.69. The number of aromatic nitrogens is 2. The van der Waals surface area contributed by atoms with Gasteiger partial charge in [-0.25, -0.2) is 14.4 Å². The molecule has 0 bridgehead atoms. The summed E-state index contributed by atoms with van der Waals surface area (Å²) in [6.07, 6.45) is -4.34. The summed E-state index contributed by atoms with van der Waals surface area (Å²) in [6.45, 7) is -0.534. The molecule has 3 rings (SSSR count). The number of H-pyrrole nitrogens is 1. The average molecular weight is 528 g/mol. The summed E-state index contributed by atoms with van der Waals surface area (Å²) in [7, 11) is 0. The summed E-state index contributed by atoms with van der Waals surface area (Å²) in [6, 6.07) is 7.89. The van der Waals surface area contributed by atoms with E-state index in [1.807, 2.05) is 12.3 Å². The number of benzene rings is 1. The van der Waals surface area contributed by atoms with E-state index in [0.717, 1.165) is 5.56 Å². The van der Waals surface area contributed by atoms with Gasteiger partial charge in [0.1, 0.15) is 37.6 Å². The number of rotatable bonds is 10. The summed E-state index contributed by atoms with van der Waals surface area (Å²) in [5.74, 6) is -1.61. The molecule has 1 saturated heterocycles. The largest absolute Gasteiger partial charge is 0.461 e. The number of ether oxygens (including phenoxy) is 3. The number of aliphatic hydroxyl groups excluding tert-OH is 2. The summed E-state index contributed by atoms with van der Waals surface area (Å²) in [4.78, 5) is 49.8. The first-order valence-corrected chi connectivity index (χ1v) is 12.3. The zero-order valence-corrected chi connectivity index (χ0v) is 20.0. The van der Waals surface area contributed by atoms with Crippen LogP contribution in [0.4, 0.5) is 9.18 Å². The van der Waals surface area contributed by atoms with Crippen LogP contribution in [0.1, 0.15) is 18.2 Å². The van der Waals surface area contributed by atoms with Gasteiger partial charge < -0.3 is 29.7 Å². The van der Waals surface area contributed by atoms with E-state index in [0.29, 0.717) is 16.5 Å². The SMILES string of the molecule is CSCC[C@H](NC(=O)OCc1ccccc1)C(=O)OC[C@H]1O[C@@H](n2cc(F)c(=O)[nH]c2=O)[C@H](O)[C@@H]1O. The highest BCUT2D eigenvalue weighted by atomic mass is 32.2. The molecule has 0 saturated carbocycles. The molecule has 2 heterocycles. The van der Waals surface area contributed by atoms with Gasteiger partial charge in [-0.3, -0.25) is 14.3 Å². The summed E-state index contributed by atoms with van der Waals surface area (Å²) in [5, 5.41) is 23.0. The maximum atomic E-state index is 13.6. The van der Waals surface area contributed by atoms with Crippen molar-refractivity contribution >= 4 is 23.8 Å². The molecule has 12 nitrogen and oxygen atoms in total. The summed E-state index contributed by atoms with van der Waals surface area (Å²) in [5.41, 5.74) is -1.55. The fraction of sp³-hybridized carbons (Fsp3) is 0.455. The molecule has 1 amide bonds. The number of halogens is 1. The first-order chi connectivity index (χ1) is 17.2. The van der Waals surface area contributed by atoms with Gasteiger partial charge in [-0.15, -0.1) is 0 Å². The van der Waals surface area contributed by atoms with Gasteiger partial charge >= 0.3 is 17.8 Å². The Morgan fingerprint density at radius 1 is 1.22 bits per heavy atom. The lowest BCUT2D eigenvalue weighted by Gasteiger charge is -2.20. The van der Waals surface area contributed by atoms with E-state index in [-0.39, 0.29) is 13.0 Å². The normalized spacial score (nSPS) is 22.1. The van der Waals surface area contributed by atoms with Crippen LogP contribution in [0.2, 0.25) is 0 Å². The molecule has 36 heavy (non-hydrogen) atoms. The van der Waals surface area contributed by atoms with Gasteiger partial charge in [0.2, 0.25) is 5.82 Å². The number of nitrogens with zero attached hydrogens (tertiary/aromatic N) is 1. The predicted molar refractivity (Wildman–Crippen MR) is 125 cm³/mol. The zero-order chi connectivity index (χ0) is 26.2. The van der Waals surface area contributed by atoms with E-state index in [4.69, 9.17) is 14.2 Å². The van der Waals surface area contributed by atoms with Crippen LogP contribution < -0.4 is 16.6 Å². The third kappa shape index (κ3) is 6.94. The highest BCUT2D eigenvalue weighted by Crippen LogP contribution is 2.28. The first-order valence-electron chi connectivity index (χ1n) is 10.9. The minimum Gasteiger partial charge on any atom is -0.461 e. The van der Waals surface area contributed by atoms with E-state index < -0.39 is 66.3 Å². The number of hydrogen-bond donors (Lipinski definition) is 4. The fourth-order valence-electron chi connectivity index (χ4n) is 3.40. The van der Waals surface area contributed by atoms with Crippen LogP contribution in [0, 0.1) is 5.82 Å². The number of thioether (sulfide) groups is 1. The number of carbonyl (C=O) groups excluding carboxylic acids is 2. The lowest BCUT2D eigenvalue weighted by Crippen LogP contribution is -2.44. The first kappa shape index (κ1) is 27.4. The summed E-state index contributed by atoms with van der Waals surface area (Å²) >= 11 is 1.44.